The fourth-order valence-electron chi connectivity index (χ4n) is 4.90. The Morgan fingerprint density at radius 1 is 0.967 bits per heavy atom. The number of hydrogen-bond acceptors (Lipinski definition) is 2. The van der Waals surface area contributed by atoms with Gasteiger partial charge in [0, 0.05) is 21.9 Å². The van der Waals surface area contributed by atoms with E-state index >= 15 is 0 Å². The summed E-state index contributed by atoms with van der Waals surface area (Å²) in [5.41, 5.74) is 1.63. The van der Waals surface area contributed by atoms with Crippen molar-refractivity contribution >= 4 is 16.8 Å². The summed E-state index contributed by atoms with van der Waals surface area (Å²) in [6, 6.07) is 8.00. The summed E-state index contributed by atoms with van der Waals surface area (Å²) in [4.78, 5) is 0. The Labute approximate surface area is 183 Å². The van der Waals surface area contributed by atoms with Crippen LogP contribution in [0.15, 0.2) is 30.3 Å². The second kappa shape index (κ2) is 9.90. The minimum Gasteiger partial charge on any atom is -0.507 e. The van der Waals surface area contributed by atoms with Crippen LogP contribution in [0.1, 0.15) is 90.2 Å². The number of fused-ring (bicyclic) bond motifs is 3. The molecule has 0 fully saturated rings. The summed E-state index contributed by atoms with van der Waals surface area (Å²) in [6.07, 6.45) is 14.5. The highest BCUT2D eigenvalue weighted by atomic mass is 16.5. The van der Waals surface area contributed by atoms with Crippen molar-refractivity contribution in [3.05, 3.63) is 41.5 Å². The fourth-order valence-corrected chi connectivity index (χ4v) is 4.90. The molecule has 0 aromatic heterocycles. The highest BCUT2D eigenvalue weighted by Gasteiger charge is 2.30. The molecule has 0 amide bonds. The number of aromatic hydroxyl groups is 1. The lowest BCUT2D eigenvalue weighted by Gasteiger charge is -2.33. The molecule has 1 heterocycles. The van der Waals surface area contributed by atoms with Crippen molar-refractivity contribution in [2.45, 2.75) is 91.6 Å². The maximum atomic E-state index is 10.6. The smallest absolute Gasteiger partial charge is 0.136 e. The largest absolute Gasteiger partial charge is 0.507 e. The zero-order valence-corrected chi connectivity index (χ0v) is 19.6. The van der Waals surface area contributed by atoms with Gasteiger partial charge in [-0.3, -0.25) is 0 Å². The predicted molar refractivity (Wildman–Crippen MR) is 129 cm³/mol. The number of benzene rings is 2. The molecule has 0 bridgehead atoms. The molecule has 3 unspecified atom stereocenters. The van der Waals surface area contributed by atoms with Crippen LogP contribution in [0, 0.1) is 18.8 Å². The van der Waals surface area contributed by atoms with E-state index in [-0.39, 0.29) is 5.60 Å². The number of phenolic OH excluding ortho intramolecular Hbond substituents is 1. The van der Waals surface area contributed by atoms with Gasteiger partial charge in [-0.1, -0.05) is 89.6 Å². The summed E-state index contributed by atoms with van der Waals surface area (Å²) in [5.74, 6) is 2.94. The SMILES string of the molecule is CCCC(C)CCCC(C)CCCC1(C)C=Cc2c(C)c(O)c3ccccc3c2O1. The van der Waals surface area contributed by atoms with E-state index in [0.717, 1.165) is 45.9 Å². The van der Waals surface area contributed by atoms with Crippen LogP contribution >= 0.6 is 0 Å². The normalized spacial score (nSPS) is 20.0. The van der Waals surface area contributed by atoms with Gasteiger partial charge in [0.15, 0.2) is 0 Å². The van der Waals surface area contributed by atoms with Crippen LogP contribution in [0.2, 0.25) is 0 Å². The third-order valence-electron chi connectivity index (χ3n) is 6.91. The Hall–Kier alpha value is -1.96. The zero-order valence-electron chi connectivity index (χ0n) is 19.6. The maximum Gasteiger partial charge on any atom is 0.136 e. The summed E-state index contributed by atoms with van der Waals surface area (Å²) >= 11 is 0. The molecule has 0 spiro atoms. The molecule has 2 aromatic carbocycles. The van der Waals surface area contributed by atoms with E-state index in [2.05, 4.69) is 45.9 Å². The average molecular weight is 409 g/mol. The molecule has 1 aliphatic heterocycles. The maximum absolute atomic E-state index is 10.6. The van der Waals surface area contributed by atoms with Gasteiger partial charge in [-0.2, -0.15) is 0 Å². The van der Waals surface area contributed by atoms with Gasteiger partial charge in [0.05, 0.1) is 0 Å². The van der Waals surface area contributed by atoms with Crippen LogP contribution < -0.4 is 4.74 Å². The van der Waals surface area contributed by atoms with Gasteiger partial charge in [0.2, 0.25) is 0 Å². The fraction of sp³-hybridized carbons (Fsp3) is 0.571. The Morgan fingerprint density at radius 2 is 1.60 bits per heavy atom. The summed E-state index contributed by atoms with van der Waals surface area (Å²) < 4.78 is 6.59. The Bertz CT molecular complexity index is 882. The molecule has 164 valence electrons. The molecule has 3 rings (SSSR count). The van der Waals surface area contributed by atoms with E-state index in [4.69, 9.17) is 4.74 Å². The molecule has 0 aliphatic carbocycles. The predicted octanol–water partition coefficient (Wildman–Crippen LogP) is 8.43. The number of rotatable bonds is 10. The van der Waals surface area contributed by atoms with Gasteiger partial charge in [-0.15, -0.1) is 0 Å². The monoisotopic (exact) mass is 408 g/mol. The van der Waals surface area contributed by atoms with Crippen LogP contribution in [-0.2, 0) is 0 Å². The minimum absolute atomic E-state index is 0.283. The average Bonchev–Trinajstić information content (AvgIpc) is 2.72. The molecule has 3 atom stereocenters. The lowest BCUT2D eigenvalue weighted by atomic mass is 9.88. The molecular formula is C28H40O2. The first-order valence-corrected chi connectivity index (χ1v) is 12.0. The van der Waals surface area contributed by atoms with Crippen molar-refractivity contribution in [3.63, 3.8) is 0 Å². The first kappa shape index (κ1) is 22.7. The molecule has 1 aliphatic rings. The summed E-state index contributed by atoms with van der Waals surface area (Å²) in [5, 5.41) is 12.5. The number of hydrogen-bond donors (Lipinski definition) is 1. The van der Waals surface area contributed by atoms with Gasteiger partial charge >= 0.3 is 0 Å². The molecule has 30 heavy (non-hydrogen) atoms. The molecule has 2 nitrogen and oxygen atoms in total. The highest BCUT2D eigenvalue weighted by molar-refractivity contribution is 5.98. The third kappa shape index (κ3) is 5.20. The lowest BCUT2D eigenvalue weighted by molar-refractivity contribution is 0.124. The van der Waals surface area contributed by atoms with E-state index < -0.39 is 0 Å². The first-order chi connectivity index (χ1) is 14.3. The molecule has 0 saturated heterocycles. The van der Waals surface area contributed by atoms with Crippen molar-refractivity contribution in [2.24, 2.45) is 11.8 Å². The standard InChI is InChI=1S/C28H40O2/c1-6-11-20(2)12-9-13-21(3)14-10-18-28(5)19-17-23-22(4)26(29)24-15-7-8-16-25(24)27(23)30-28/h7-8,15-17,19-21,29H,6,9-14,18H2,1-5H3. The van der Waals surface area contributed by atoms with Crippen molar-refractivity contribution in [3.8, 4) is 11.5 Å². The van der Waals surface area contributed by atoms with Gasteiger partial charge < -0.3 is 9.84 Å². The molecule has 0 radical (unpaired) electrons. The number of phenols is 1. The third-order valence-corrected chi connectivity index (χ3v) is 6.91. The Kier molecular flexibility index (Phi) is 7.50. The van der Waals surface area contributed by atoms with Crippen molar-refractivity contribution in [1.29, 1.82) is 0 Å². The van der Waals surface area contributed by atoms with E-state index in [1.54, 1.807) is 0 Å². The highest BCUT2D eigenvalue weighted by Crippen LogP contribution is 2.45. The summed E-state index contributed by atoms with van der Waals surface area (Å²) in [6.45, 7) is 11.2. The second-order valence-corrected chi connectivity index (χ2v) is 9.83. The minimum atomic E-state index is -0.283. The molecule has 2 aromatic rings. The van der Waals surface area contributed by atoms with Crippen LogP contribution in [0.5, 0.6) is 11.5 Å². The number of ether oxygens (including phenoxy) is 1. The van der Waals surface area contributed by atoms with E-state index in [1.807, 2.05) is 25.1 Å². The van der Waals surface area contributed by atoms with Gasteiger partial charge in [0.25, 0.3) is 0 Å². The van der Waals surface area contributed by atoms with Crippen LogP contribution in [-0.4, -0.2) is 10.7 Å². The van der Waals surface area contributed by atoms with Crippen molar-refractivity contribution < 1.29 is 9.84 Å². The van der Waals surface area contributed by atoms with Crippen LogP contribution in [0.4, 0.5) is 0 Å². The van der Waals surface area contributed by atoms with Crippen LogP contribution in [0.3, 0.4) is 0 Å². The quantitative estimate of drug-likeness (QED) is 0.427. The second-order valence-electron chi connectivity index (χ2n) is 9.83. The van der Waals surface area contributed by atoms with E-state index in [0.29, 0.717) is 5.75 Å². The first-order valence-electron chi connectivity index (χ1n) is 12.0. The molecule has 2 heteroatoms. The van der Waals surface area contributed by atoms with Crippen LogP contribution in [0.25, 0.3) is 16.8 Å². The van der Waals surface area contributed by atoms with Crippen molar-refractivity contribution in [2.75, 3.05) is 0 Å². The Balaban J connectivity index is 1.59. The van der Waals surface area contributed by atoms with Crippen molar-refractivity contribution in [1.82, 2.24) is 0 Å². The van der Waals surface area contributed by atoms with Gasteiger partial charge in [-0.25, -0.2) is 0 Å². The van der Waals surface area contributed by atoms with E-state index in [1.165, 1.54) is 44.9 Å². The summed E-state index contributed by atoms with van der Waals surface area (Å²) in [7, 11) is 0. The van der Waals surface area contributed by atoms with E-state index in [9.17, 15) is 5.11 Å². The lowest BCUT2D eigenvalue weighted by Crippen LogP contribution is -2.32. The molecular weight excluding hydrogens is 368 g/mol. The Morgan fingerprint density at radius 3 is 2.30 bits per heavy atom. The topological polar surface area (TPSA) is 29.5 Å². The van der Waals surface area contributed by atoms with Gasteiger partial charge in [0.1, 0.15) is 17.1 Å². The molecule has 0 saturated carbocycles. The molecule has 1 N–H and O–H groups in total. The van der Waals surface area contributed by atoms with Gasteiger partial charge in [-0.05, 0) is 44.6 Å². The zero-order chi connectivity index (χ0) is 21.7.